The van der Waals surface area contributed by atoms with Gasteiger partial charge in [-0.1, -0.05) is 177 Å². The minimum Gasteiger partial charge on any atom is -0.507 e. The quantitative estimate of drug-likeness (QED) is 0.166. The van der Waals surface area contributed by atoms with Crippen LogP contribution < -0.4 is 0 Å². The van der Waals surface area contributed by atoms with Gasteiger partial charge in [0, 0.05) is 28.5 Å². The molecule has 0 aliphatic rings. The van der Waals surface area contributed by atoms with Crippen molar-refractivity contribution in [2.24, 2.45) is 0 Å². The number of imidazole rings is 1. The largest absolute Gasteiger partial charge is 0.507 e. The third-order valence-corrected chi connectivity index (χ3v) is 12.2. The second kappa shape index (κ2) is 16.3. The summed E-state index contributed by atoms with van der Waals surface area (Å²) in [7, 11) is 0. The Morgan fingerprint density at radius 1 is 0.492 bits per heavy atom. The van der Waals surface area contributed by atoms with E-state index in [0.717, 1.165) is 83.6 Å². The number of pyridine rings is 1. The molecule has 0 fully saturated rings. The number of fused-ring (bicyclic) bond motifs is 1. The first-order chi connectivity index (χ1) is 30.2. The SMILES string of the molecule is CC(C)c1cc(-c2cc(-c3ccccc3)ccn2)cc(-c2cccc3c2nc(-c2cc(C(C)(C)C)cc(C(C)(C)C)c2O)n3-c2ccc(-c3ccccc3)cc2-c2ccccc2)c1. The van der Waals surface area contributed by atoms with Gasteiger partial charge in [-0.05, 0) is 110 Å². The maximum atomic E-state index is 12.5. The van der Waals surface area contributed by atoms with Crippen LogP contribution in [0.5, 0.6) is 5.75 Å². The number of rotatable bonds is 8. The summed E-state index contributed by atoms with van der Waals surface area (Å²) in [6.07, 6.45) is 1.91. The van der Waals surface area contributed by atoms with E-state index >= 15 is 0 Å². The van der Waals surface area contributed by atoms with E-state index in [1.165, 1.54) is 5.56 Å². The summed E-state index contributed by atoms with van der Waals surface area (Å²) in [5.74, 6) is 1.22. The molecule has 0 amide bonds. The first-order valence-corrected chi connectivity index (χ1v) is 22.1. The fourth-order valence-electron chi connectivity index (χ4n) is 8.64. The Morgan fingerprint density at radius 2 is 1.11 bits per heavy atom. The van der Waals surface area contributed by atoms with Crippen LogP contribution in [0.4, 0.5) is 0 Å². The number of hydrogen-bond donors (Lipinski definition) is 1. The van der Waals surface area contributed by atoms with Crippen molar-refractivity contribution in [2.45, 2.75) is 72.1 Å². The van der Waals surface area contributed by atoms with Crippen molar-refractivity contribution in [1.82, 2.24) is 14.5 Å². The normalized spacial score (nSPS) is 12.0. The van der Waals surface area contributed by atoms with Crippen molar-refractivity contribution < 1.29 is 5.11 Å². The van der Waals surface area contributed by atoms with E-state index in [0.29, 0.717) is 11.4 Å². The van der Waals surface area contributed by atoms with Gasteiger partial charge in [0.2, 0.25) is 0 Å². The third kappa shape index (κ3) is 8.10. The van der Waals surface area contributed by atoms with E-state index in [1.807, 2.05) is 12.3 Å². The van der Waals surface area contributed by atoms with E-state index in [2.05, 4.69) is 224 Å². The molecule has 0 spiro atoms. The van der Waals surface area contributed by atoms with E-state index in [4.69, 9.17) is 9.97 Å². The number of benzene rings is 7. The number of nitrogens with zero attached hydrogens (tertiary/aromatic N) is 3. The molecule has 4 nitrogen and oxygen atoms in total. The van der Waals surface area contributed by atoms with Crippen molar-refractivity contribution >= 4 is 11.0 Å². The molecule has 0 aliphatic heterocycles. The van der Waals surface area contributed by atoms with Crippen molar-refractivity contribution in [1.29, 1.82) is 0 Å². The van der Waals surface area contributed by atoms with E-state index in [1.54, 1.807) is 0 Å². The van der Waals surface area contributed by atoms with Crippen LogP contribution in [-0.4, -0.2) is 19.6 Å². The van der Waals surface area contributed by atoms with Gasteiger partial charge in [-0.3, -0.25) is 9.55 Å². The molecule has 0 radical (unpaired) electrons. The monoisotopic (exact) mass is 821 g/mol. The van der Waals surface area contributed by atoms with E-state index < -0.39 is 0 Å². The molecule has 0 aliphatic carbocycles. The van der Waals surface area contributed by atoms with E-state index in [9.17, 15) is 5.11 Å². The number of para-hydroxylation sites is 1. The zero-order valence-electron chi connectivity index (χ0n) is 37.6. The van der Waals surface area contributed by atoms with Gasteiger partial charge in [-0.25, -0.2) is 4.98 Å². The van der Waals surface area contributed by atoms with Crippen LogP contribution in [0.2, 0.25) is 0 Å². The van der Waals surface area contributed by atoms with Gasteiger partial charge < -0.3 is 5.11 Å². The van der Waals surface area contributed by atoms with Crippen LogP contribution in [-0.2, 0) is 10.8 Å². The minimum atomic E-state index is -0.325. The second-order valence-corrected chi connectivity index (χ2v) is 19.1. The van der Waals surface area contributed by atoms with Gasteiger partial charge in [0.15, 0.2) is 0 Å². The maximum Gasteiger partial charge on any atom is 0.149 e. The van der Waals surface area contributed by atoms with Gasteiger partial charge in [-0.2, -0.15) is 0 Å². The Labute approximate surface area is 372 Å². The van der Waals surface area contributed by atoms with Crippen molar-refractivity contribution in [3.8, 4) is 78.6 Å². The number of hydrogen-bond acceptors (Lipinski definition) is 3. The summed E-state index contributed by atoms with van der Waals surface area (Å²) in [4.78, 5) is 10.6. The highest BCUT2D eigenvalue weighted by atomic mass is 16.3. The molecule has 0 atom stereocenters. The molecule has 9 aromatic rings. The van der Waals surface area contributed by atoms with Crippen LogP contribution in [0.15, 0.2) is 176 Å². The third-order valence-electron chi connectivity index (χ3n) is 12.2. The van der Waals surface area contributed by atoms with Crippen LogP contribution in [0, 0.1) is 0 Å². The topological polar surface area (TPSA) is 50.9 Å². The molecule has 2 heterocycles. The molecular weight excluding hydrogens is 767 g/mol. The highest BCUT2D eigenvalue weighted by molar-refractivity contribution is 5.98. The Morgan fingerprint density at radius 3 is 1.73 bits per heavy atom. The van der Waals surface area contributed by atoms with Gasteiger partial charge >= 0.3 is 0 Å². The standard InChI is InChI=1S/C59H55N3O/c1-38(2)44-31-45(33-46(32-44)52-35-43(29-30-60-52)40-21-14-10-15-22-40)48-25-18-26-54-55(48)61-57(50-36-47(58(3,4)5)37-51(56(50)63)59(6,7)8)62(54)53-28-27-42(39-19-12-9-13-20-39)34-49(53)41-23-16-11-17-24-41/h9-38,63H,1-8H3. The maximum absolute atomic E-state index is 12.5. The lowest BCUT2D eigenvalue weighted by Crippen LogP contribution is -2.17. The summed E-state index contributed by atoms with van der Waals surface area (Å²) in [6, 6.07) is 60.3. The average Bonchev–Trinajstić information content (AvgIpc) is 3.68. The second-order valence-electron chi connectivity index (χ2n) is 19.1. The number of aromatic nitrogens is 3. The van der Waals surface area contributed by atoms with Crippen LogP contribution in [0.3, 0.4) is 0 Å². The first-order valence-electron chi connectivity index (χ1n) is 22.1. The Bertz CT molecular complexity index is 3090. The lowest BCUT2D eigenvalue weighted by molar-refractivity contribution is 0.446. The van der Waals surface area contributed by atoms with Gasteiger partial charge in [0.05, 0.1) is 28.0 Å². The zero-order chi connectivity index (χ0) is 44.0. The van der Waals surface area contributed by atoms with Gasteiger partial charge in [0.1, 0.15) is 11.6 Å². The predicted molar refractivity (Wildman–Crippen MR) is 265 cm³/mol. The Balaban J connectivity index is 1.35. The number of phenols is 1. The summed E-state index contributed by atoms with van der Waals surface area (Å²) >= 11 is 0. The summed E-state index contributed by atoms with van der Waals surface area (Å²) < 4.78 is 2.28. The molecule has 2 aromatic heterocycles. The molecule has 0 unspecified atom stereocenters. The minimum absolute atomic E-state index is 0.184. The summed E-state index contributed by atoms with van der Waals surface area (Å²) in [5.41, 5.74) is 17.0. The lowest BCUT2D eigenvalue weighted by atomic mass is 9.79. The fourth-order valence-corrected chi connectivity index (χ4v) is 8.64. The molecule has 0 saturated heterocycles. The molecule has 1 N–H and O–H groups in total. The lowest BCUT2D eigenvalue weighted by Gasteiger charge is -2.27. The Hall–Kier alpha value is -7.04. The molecule has 4 heteroatoms. The zero-order valence-corrected chi connectivity index (χ0v) is 37.6. The first kappa shape index (κ1) is 41.3. The fraction of sp³-hybridized carbons (Fsp3) is 0.186. The van der Waals surface area contributed by atoms with Crippen molar-refractivity contribution in [2.75, 3.05) is 0 Å². The molecular formula is C59H55N3O. The van der Waals surface area contributed by atoms with Crippen molar-refractivity contribution in [3.63, 3.8) is 0 Å². The Kier molecular flexibility index (Phi) is 10.7. The number of aromatic hydroxyl groups is 1. The van der Waals surface area contributed by atoms with Crippen molar-refractivity contribution in [3.05, 3.63) is 193 Å². The van der Waals surface area contributed by atoms with Gasteiger partial charge in [-0.15, -0.1) is 0 Å². The van der Waals surface area contributed by atoms with Crippen LogP contribution >= 0.6 is 0 Å². The molecule has 7 aromatic carbocycles. The molecule has 0 bridgehead atoms. The number of phenolic OH excluding ortho intramolecular Hbond substituents is 1. The summed E-state index contributed by atoms with van der Waals surface area (Å²) in [6.45, 7) is 17.7. The summed E-state index contributed by atoms with van der Waals surface area (Å²) in [5, 5.41) is 12.5. The average molecular weight is 822 g/mol. The van der Waals surface area contributed by atoms with Gasteiger partial charge in [0.25, 0.3) is 0 Å². The molecule has 9 rings (SSSR count). The molecule has 0 saturated carbocycles. The van der Waals surface area contributed by atoms with E-state index in [-0.39, 0.29) is 22.5 Å². The highest BCUT2D eigenvalue weighted by Gasteiger charge is 2.29. The molecule has 63 heavy (non-hydrogen) atoms. The highest BCUT2D eigenvalue weighted by Crippen LogP contribution is 2.46. The predicted octanol–water partition coefficient (Wildman–Crippen LogP) is 15.8. The smallest absolute Gasteiger partial charge is 0.149 e. The molecule has 312 valence electrons. The van der Waals surface area contributed by atoms with Crippen LogP contribution in [0.1, 0.15) is 78.0 Å². The van der Waals surface area contributed by atoms with Crippen LogP contribution in [0.25, 0.3) is 83.9 Å².